The summed E-state index contributed by atoms with van der Waals surface area (Å²) in [5.74, 6) is 0.563. The minimum Gasteiger partial charge on any atom is -0.273 e. The van der Waals surface area contributed by atoms with Crippen LogP contribution in [0.1, 0.15) is 69.2 Å². The van der Waals surface area contributed by atoms with E-state index in [4.69, 9.17) is 4.99 Å². The molecular weight excluding hydrogens is 735 g/mol. The lowest BCUT2D eigenvalue weighted by atomic mass is 9.64. The number of aliphatic imine (C=N–C) groups is 1. The predicted molar refractivity (Wildman–Crippen MR) is 258 cm³/mol. The second-order valence-electron chi connectivity index (χ2n) is 18.0. The summed E-state index contributed by atoms with van der Waals surface area (Å²) < 4.78 is 0. The lowest BCUT2D eigenvalue weighted by molar-refractivity contribution is 0.386. The van der Waals surface area contributed by atoms with Crippen molar-refractivity contribution in [2.24, 2.45) is 16.8 Å². The van der Waals surface area contributed by atoms with Gasteiger partial charge >= 0.3 is 0 Å². The van der Waals surface area contributed by atoms with E-state index in [0.29, 0.717) is 5.92 Å². The molecule has 1 heteroatoms. The summed E-state index contributed by atoms with van der Waals surface area (Å²) >= 11 is 0. The van der Waals surface area contributed by atoms with Crippen molar-refractivity contribution in [3.63, 3.8) is 0 Å². The molecular formula is C60H49N. The topological polar surface area (TPSA) is 12.4 Å². The zero-order valence-corrected chi connectivity index (χ0v) is 35.5. The van der Waals surface area contributed by atoms with Crippen LogP contribution >= 0.6 is 0 Å². The summed E-state index contributed by atoms with van der Waals surface area (Å²) in [6.45, 7) is 13.7. The maximum absolute atomic E-state index is 5.78. The fourth-order valence-corrected chi connectivity index (χ4v) is 11.3. The average molecular weight is 784 g/mol. The molecule has 0 bridgehead atoms. The smallest absolute Gasteiger partial charge is 0.0853 e. The number of hydrogen-bond donors (Lipinski definition) is 0. The molecule has 0 amide bonds. The summed E-state index contributed by atoms with van der Waals surface area (Å²) in [6.07, 6.45) is 15.0. The molecule has 61 heavy (non-hydrogen) atoms. The van der Waals surface area contributed by atoms with Crippen molar-refractivity contribution < 1.29 is 0 Å². The molecule has 4 unspecified atom stereocenters. The van der Waals surface area contributed by atoms with Gasteiger partial charge in [0.2, 0.25) is 0 Å². The molecule has 0 N–H and O–H groups in total. The molecule has 7 aromatic rings. The highest BCUT2D eigenvalue weighted by Crippen LogP contribution is 2.65. The Morgan fingerprint density at radius 1 is 0.705 bits per heavy atom. The first-order valence-corrected chi connectivity index (χ1v) is 22.0. The van der Waals surface area contributed by atoms with Crippen molar-refractivity contribution >= 4 is 43.6 Å². The van der Waals surface area contributed by atoms with Crippen molar-refractivity contribution in [2.45, 2.75) is 57.9 Å². The molecule has 0 heterocycles. The van der Waals surface area contributed by atoms with Gasteiger partial charge in [-0.05, 0) is 164 Å². The molecule has 4 aliphatic rings. The van der Waals surface area contributed by atoms with Crippen LogP contribution in [-0.2, 0) is 5.41 Å². The SMILES string of the molecule is C=C(C)C(C)(N=C(/C=C(\C)c1ccccc1)c1ccccc1)C1C=CC2=C(CC1)C1(C3=C2C=CC(C)C3)c2ccc#cc2-c2cc3c4ccccc4c4ccccc4c3cc21. The summed E-state index contributed by atoms with van der Waals surface area (Å²) in [5.41, 5.74) is 15.6. The van der Waals surface area contributed by atoms with Crippen LogP contribution in [0, 0.1) is 24.0 Å². The average Bonchev–Trinajstić information content (AvgIpc) is 3.60. The van der Waals surface area contributed by atoms with Gasteiger partial charge in [0.15, 0.2) is 0 Å². The van der Waals surface area contributed by atoms with Crippen LogP contribution in [0.5, 0.6) is 0 Å². The molecule has 0 fully saturated rings. The quantitative estimate of drug-likeness (QED) is 0.0905. The van der Waals surface area contributed by atoms with E-state index in [-0.39, 0.29) is 5.92 Å². The summed E-state index contributed by atoms with van der Waals surface area (Å²) in [7, 11) is 0. The number of nitrogens with zero attached hydrogens (tertiary/aromatic N) is 1. The number of benzene rings is 6. The van der Waals surface area contributed by atoms with E-state index in [2.05, 4.69) is 210 Å². The predicted octanol–water partition coefficient (Wildman–Crippen LogP) is 15.1. The van der Waals surface area contributed by atoms with Crippen molar-refractivity contribution in [1.82, 2.24) is 0 Å². The molecule has 4 aliphatic carbocycles. The monoisotopic (exact) mass is 783 g/mol. The van der Waals surface area contributed by atoms with E-state index in [1.54, 1.807) is 0 Å². The van der Waals surface area contributed by atoms with Crippen LogP contribution < -0.4 is 0 Å². The van der Waals surface area contributed by atoms with Gasteiger partial charge in [-0.25, -0.2) is 0 Å². The lowest BCUT2D eigenvalue weighted by Gasteiger charge is -2.38. The maximum atomic E-state index is 5.78. The first kappa shape index (κ1) is 37.3. The summed E-state index contributed by atoms with van der Waals surface area (Å²) in [5, 5.41) is 7.82. The van der Waals surface area contributed by atoms with Gasteiger partial charge in [-0.15, -0.1) is 0 Å². The Hall–Kier alpha value is -6.75. The molecule has 1 spiro atoms. The fraction of sp³-hybridized carbons (Fsp3) is 0.183. The molecule has 0 radical (unpaired) electrons. The summed E-state index contributed by atoms with van der Waals surface area (Å²) in [6, 6.07) is 55.8. The van der Waals surface area contributed by atoms with Crippen LogP contribution in [0.15, 0.2) is 203 Å². The van der Waals surface area contributed by atoms with Crippen molar-refractivity contribution in [2.75, 3.05) is 0 Å². The zero-order chi connectivity index (χ0) is 41.5. The van der Waals surface area contributed by atoms with E-state index < -0.39 is 11.0 Å². The molecule has 11 rings (SSSR count). The minimum absolute atomic E-state index is 0.121. The third kappa shape index (κ3) is 5.58. The Morgan fingerprint density at radius 2 is 1.30 bits per heavy atom. The van der Waals surface area contributed by atoms with Gasteiger partial charge in [-0.2, -0.15) is 0 Å². The minimum atomic E-state index is -0.555. The first-order chi connectivity index (χ1) is 29.8. The standard InChI is InChI=1S/C60H49N/c1-38(2)59(5,61-58(42-20-10-7-11-21-42)35-40(4)41-18-8-6-9-19-41)43-29-32-49-50-31-28-39(3)34-56(50)60(55(49)33-30-43)54-27-17-16-26-48(54)53-36-51-46-24-14-12-22-44(46)45-23-13-15-25-47(45)52(51)37-57(53)60/h6-15,17-25,27-29,31-32,35-37,39,43H,1,30,33-34H2,2-5H3/b40-35+,61-58?. The van der Waals surface area contributed by atoms with E-state index in [1.165, 1.54) is 88.0 Å². The van der Waals surface area contributed by atoms with Gasteiger partial charge in [0, 0.05) is 11.5 Å². The molecule has 0 saturated heterocycles. The lowest BCUT2D eigenvalue weighted by Crippen LogP contribution is -2.35. The van der Waals surface area contributed by atoms with Crippen LogP contribution in [0.2, 0.25) is 0 Å². The Bertz CT molecular complexity index is 3170. The zero-order valence-electron chi connectivity index (χ0n) is 35.5. The van der Waals surface area contributed by atoms with E-state index in [0.717, 1.165) is 36.1 Å². The largest absolute Gasteiger partial charge is 0.273 e. The van der Waals surface area contributed by atoms with E-state index >= 15 is 0 Å². The number of allylic oxidation sites excluding steroid dienone is 9. The second kappa shape index (κ2) is 14.2. The summed E-state index contributed by atoms with van der Waals surface area (Å²) in [4.78, 5) is 5.78. The Balaban J connectivity index is 1.10. The molecule has 4 atom stereocenters. The Kier molecular flexibility index (Phi) is 8.66. The van der Waals surface area contributed by atoms with Gasteiger partial charge in [0.25, 0.3) is 0 Å². The second-order valence-corrected chi connectivity index (χ2v) is 18.0. The van der Waals surface area contributed by atoms with Crippen molar-refractivity contribution in [3.05, 3.63) is 233 Å². The van der Waals surface area contributed by atoms with Gasteiger partial charge in [-0.1, -0.05) is 165 Å². The van der Waals surface area contributed by atoms with E-state index in [9.17, 15) is 0 Å². The highest BCUT2D eigenvalue weighted by atomic mass is 14.9. The third-order valence-corrected chi connectivity index (χ3v) is 14.5. The first-order valence-electron chi connectivity index (χ1n) is 22.0. The number of hydrogen-bond acceptors (Lipinski definition) is 1. The molecule has 1 nitrogen and oxygen atoms in total. The fourth-order valence-electron chi connectivity index (χ4n) is 11.3. The van der Waals surface area contributed by atoms with Gasteiger partial charge in [0.1, 0.15) is 0 Å². The number of rotatable bonds is 6. The highest BCUT2D eigenvalue weighted by molar-refractivity contribution is 6.26. The molecule has 7 aromatic carbocycles. The van der Waals surface area contributed by atoms with Gasteiger partial charge < -0.3 is 0 Å². The van der Waals surface area contributed by atoms with Crippen molar-refractivity contribution in [3.8, 4) is 11.1 Å². The Labute approximate surface area is 360 Å². The van der Waals surface area contributed by atoms with Gasteiger partial charge in [-0.3, -0.25) is 4.99 Å². The molecule has 294 valence electrons. The molecule has 0 saturated carbocycles. The van der Waals surface area contributed by atoms with E-state index in [1.807, 2.05) is 0 Å². The number of fused-ring (bicyclic) bond motifs is 14. The molecule has 0 aliphatic heterocycles. The van der Waals surface area contributed by atoms with Gasteiger partial charge in [0.05, 0.1) is 16.7 Å². The maximum Gasteiger partial charge on any atom is 0.0853 e. The van der Waals surface area contributed by atoms with Crippen LogP contribution in [0.25, 0.3) is 49.0 Å². The van der Waals surface area contributed by atoms with Crippen LogP contribution in [0.3, 0.4) is 0 Å². The normalized spacial score (nSPS) is 21.6. The van der Waals surface area contributed by atoms with Crippen LogP contribution in [-0.4, -0.2) is 11.3 Å². The highest BCUT2D eigenvalue weighted by Gasteiger charge is 2.54. The molecule has 0 aromatic heterocycles. The Morgan fingerprint density at radius 3 is 1.97 bits per heavy atom. The third-order valence-electron chi connectivity index (χ3n) is 14.5. The van der Waals surface area contributed by atoms with Crippen molar-refractivity contribution in [1.29, 1.82) is 0 Å². The van der Waals surface area contributed by atoms with Crippen LogP contribution in [0.4, 0.5) is 0 Å².